The molecule has 1 fully saturated rings. The van der Waals surface area contributed by atoms with Crippen LogP contribution in [0.15, 0.2) is 84.4 Å². The van der Waals surface area contributed by atoms with Gasteiger partial charge in [-0.05, 0) is 76.7 Å². The fraction of sp³-hybridized carbons (Fsp3) is 0.188. The van der Waals surface area contributed by atoms with Gasteiger partial charge in [0, 0.05) is 16.3 Å². The highest BCUT2D eigenvalue weighted by atomic mass is 35.5. The van der Waals surface area contributed by atoms with Crippen molar-refractivity contribution in [2.75, 3.05) is 12.0 Å². The van der Waals surface area contributed by atoms with Gasteiger partial charge < -0.3 is 9.84 Å². The van der Waals surface area contributed by atoms with Crippen LogP contribution in [0.5, 0.6) is 5.75 Å². The highest BCUT2D eigenvalue weighted by Crippen LogP contribution is 2.45. The Labute approximate surface area is 226 Å². The molecule has 1 amide bonds. The number of benzene rings is 4. The van der Waals surface area contributed by atoms with Crippen LogP contribution in [0, 0.1) is 6.92 Å². The number of hydrogen-bond donors (Lipinski definition) is 1. The summed E-state index contributed by atoms with van der Waals surface area (Å²) in [5.74, 6) is -0.831. The molecular formula is C32H28ClNO4. The van der Waals surface area contributed by atoms with Gasteiger partial charge in [0.2, 0.25) is 0 Å². The number of ketones is 1. The van der Waals surface area contributed by atoms with Crippen LogP contribution < -0.4 is 9.64 Å². The van der Waals surface area contributed by atoms with Crippen LogP contribution in [0.4, 0.5) is 5.69 Å². The summed E-state index contributed by atoms with van der Waals surface area (Å²) in [5.41, 5.74) is 3.43. The molecule has 4 aromatic carbocycles. The van der Waals surface area contributed by atoms with E-state index in [0.717, 1.165) is 27.5 Å². The monoisotopic (exact) mass is 525 g/mol. The summed E-state index contributed by atoms with van der Waals surface area (Å²) >= 11 is 6.13. The molecule has 192 valence electrons. The van der Waals surface area contributed by atoms with Crippen LogP contribution in [0.25, 0.3) is 16.5 Å². The maximum Gasteiger partial charge on any atom is 0.300 e. The van der Waals surface area contributed by atoms with E-state index in [1.807, 2.05) is 75.4 Å². The van der Waals surface area contributed by atoms with Gasteiger partial charge in [0.25, 0.3) is 11.7 Å². The van der Waals surface area contributed by atoms with Crippen molar-refractivity contribution < 1.29 is 19.4 Å². The van der Waals surface area contributed by atoms with Gasteiger partial charge in [0.05, 0.1) is 18.7 Å². The summed E-state index contributed by atoms with van der Waals surface area (Å²) in [6.07, 6.45) is 0. The van der Waals surface area contributed by atoms with Crippen molar-refractivity contribution in [3.8, 4) is 5.75 Å². The first-order valence-corrected chi connectivity index (χ1v) is 12.8. The lowest BCUT2D eigenvalue weighted by atomic mass is 9.89. The highest BCUT2D eigenvalue weighted by Gasteiger charge is 2.47. The van der Waals surface area contributed by atoms with Crippen LogP contribution in [-0.4, -0.2) is 23.9 Å². The van der Waals surface area contributed by atoms with Crippen LogP contribution in [0.3, 0.4) is 0 Å². The number of aliphatic hydroxyl groups excluding tert-OH is 1. The average Bonchev–Trinajstić information content (AvgIpc) is 3.18. The molecule has 0 radical (unpaired) electrons. The molecule has 6 heteroatoms. The van der Waals surface area contributed by atoms with Gasteiger partial charge in [0.15, 0.2) is 0 Å². The predicted octanol–water partition coefficient (Wildman–Crippen LogP) is 7.56. The topological polar surface area (TPSA) is 66.8 Å². The molecule has 1 aliphatic heterocycles. The number of nitrogens with zero attached hydrogens (tertiary/aromatic N) is 1. The van der Waals surface area contributed by atoms with Crippen LogP contribution in [-0.2, 0) is 9.59 Å². The van der Waals surface area contributed by atoms with Gasteiger partial charge in [-0.3, -0.25) is 14.5 Å². The van der Waals surface area contributed by atoms with E-state index in [2.05, 4.69) is 0 Å². The molecule has 4 aromatic rings. The van der Waals surface area contributed by atoms with Crippen molar-refractivity contribution in [3.63, 3.8) is 0 Å². The summed E-state index contributed by atoms with van der Waals surface area (Å²) in [5, 5.41) is 14.2. The zero-order valence-corrected chi connectivity index (χ0v) is 22.4. The number of carbonyl (C=O) groups is 2. The molecule has 5 rings (SSSR count). The second kappa shape index (κ2) is 9.99. The van der Waals surface area contributed by atoms with E-state index in [0.29, 0.717) is 22.0 Å². The first-order chi connectivity index (χ1) is 18.2. The van der Waals surface area contributed by atoms with E-state index in [-0.39, 0.29) is 17.3 Å². The van der Waals surface area contributed by atoms with E-state index in [9.17, 15) is 14.7 Å². The Balaban J connectivity index is 1.82. The van der Waals surface area contributed by atoms with Crippen molar-refractivity contribution in [1.29, 1.82) is 0 Å². The number of ether oxygens (including phenoxy) is 1. The number of amides is 1. The van der Waals surface area contributed by atoms with Crippen molar-refractivity contribution in [2.45, 2.75) is 32.7 Å². The van der Waals surface area contributed by atoms with Gasteiger partial charge in [0.1, 0.15) is 11.5 Å². The Morgan fingerprint density at radius 1 is 0.974 bits per heavy atom. The van der Waals surface area contributed by atoms with Gasteiger partial charge in [-0.2, -0.15) is 0 Å². The molecule has 38 heavy (non-hydrogen) atoms. The third kappa shape index (κ3) is 4.23. The molecule has 1 saturated heterocycles. The highest BCUT2D eigenvalue weighted by molar-refractivity contribution is 6.52. The summed E-state index contributed by atoms with van der Waals surface area (Å²) < 4.78 is 5.57. The first kappa shape index (κ1) is 25.6. The first-order valence-electron chi connectivity index (χ1n) is 12.5. The van der Waals surface area contributed by atoms with Crippen molar-refractivity contribution in [2.24, 2.45) is 0 Å². The lowest BCUT2D eigenvalue weighted by Gasteiger charge is -2.27. The SMILES string of the molecule is COc1cc(C)c(/C(O)=C2\C(=O)C(=O)N(c3ccc(Cl)cc3)C2c2cccc3ccccc23)cc1C(C)C. The Morgan fingerprint density at radius 2 is 1.66 bits per heavy atom. The molecule has 0 saturated carbocycles. The third-order valence-electron chi connectivity index (χ3n) is 7.12. The second-order valence-electron chi connectivity index (χ2n) is 9.78. The normalized spacial score (nSPS) is 17.0. The number of rotatable bonds is 5. The minimum Gasteiger partial charge on any atom is -0.507 e. The van der Waals surface area contributed by atoms with E-state index >= 15 is 0 Å². The Bertz CT molecular complexity index is 1600. The van der Waals surface area contributed by atoms with Crippen LogP contribution in [0.1, 0.15) is 48.1 Å². The Morgan fingerprint density at radius 3 is 2.34 bits per heavy atom. The largest absolute Gasteiger partial charge is 0.507 e. The van der Waals surface area contributed by atoms with Crippen molar-refractivity contribution in [3.05, 3.63) is 112 Å². The van der Waals surface area contributed by atoms with Gasteiger partial charge in [-0.25, -0.2) is 0 Å². The Hall–Kier alpha value is -4.09. The standard InChI is InChI=1S/C32H28ClNO4/c1-18(2)25-17-26(19(3)16-27(25)38-4)30(35)28-29(24-11-7-9-20-8-5-6-10-23(20)24)34(32(37)31(28)36)22-14-12-21(33)13-15-22/h5-18,29,35H,1-4H3/b30-28+. The molecule has 0 bridgehead atoms. The number of anilines is 1. The summed E-state index contributed by atoms with van der Waals surface area (Å²) in [7, 11) is 1.61. The number of methoxy groups -OCH3 is 1. The van der Waals surface area contributed by atoms with Crippen molar-refractivity contribution in [1.82, 2.24) is 0 Å². The zero-order valence-electron chi connectivity index (χ0n) is 21.7. The predicted molar refractivity (Wildman–Crippen MR) is 152 cm³/mol. The van der Waals surface area contributed by atoms with E-state index in [1.54, 1.807) is 31.4 Å². The van der Waals surface area contributed by atoms with Crippen LogP contribution >= 0.6 is 11.6 Å². The number of aryl methyl sites for hydroxylation is 1. The van der Waals surface area contributed by atoms with Crippen molar-refractivity contribution >= 4 is 45.5 Å². The molecule has 5 nitrogen and oxygen atoms in total. The smallest absolute Gasteiger partial charge is 0.300 e. The summed E-state index contributed by atoms with van der Waals surface area (Å²) in [4.78, 5) is 28.7. The van der Waals surface area contributed by atoms with Crippen LogP contribution in [0.2, 0.25) is 5.02 Å². The second-order valence-corrected chi connectivity index (χ2v) is 10.2. The fourth-order valence-corrected chi connectivity index (χ4v) is 5.34. The van der Waals surface area contributed by atoms with Gasteiger partial charge >= 0.3 is 0 Å². The number of carbonyl (C=O) groups excluding carboxylic acids is 2. The summed E-state index contributed by atoms with van der Waals surface area (Å²) in [6.45, 7) is 5.92. The van der Waals surface area contributed by atoms with E-state index in [1.165, 1.54) is 4.90 Å². The minimum atomic E-state index is -0.841. The number of hydrogen-bond acceptors (Lipinski definition) is 4. The number of fused-ring (bicyclic) bond motifs is 1. The molecule has 0 aliphatic carbocycles. The molecule has 0 aromatic heterocycles. The van der Waals surface area contributed by atoms with Gasteiger partial charge in [-0.1, -0.05) is 67.9 Å². The number of aliphatic hydroxyl groups is 1. The maximum absolute atomic E-state index is 13.7. The van der Waals surface area contributed by atoms with E-state index < -0.39 is 17.7 Å². The Kier molecular flexibility index (Phi) is 6.72. The lowest BCUT2D eigenvalue weighted by Crippen LogP contribution is -2.29. The lowest BCUT2D eigenvalue weighted by molar-refractivity contribution is -0.132. The summed E-state index contributed by atoms with van der Waals surface area (Å²) in [6, 6.07) is 23.2. The molecular weight excluding hydrogens is 498 g/mol. The molecule has 0 spiro atoms. The maximum atomic E-state index is 13.7. The molecule has 1 aliphatic rings. The minimum absolute atomic E-state index is 0.0456. The third-order valence-corrected chi connectivity index (χ3v) is 7.37. The zero-order chi connectivity index (χ0) is 27.1. The quantitative estimate of drug-likeness (QED) is 0.166. The average molecular weight is 526 g/mol. The van der Waals surface area contributed by atoms with Gasteiger partial charge in [-0.15, -0.1) is 0 Å². The molecule has 1 N–H and O–H groups in total. The molecule has 1 unspecified atom stereocenters. The number of Topliss-reactive ketones (excluding diaryl/α,β-unsaturated/α-hetero) is 1. The number of halogens is 1. The van der Waals surface area contributed by atoms with E-state index in [4.69, 9.17) is 16.3 Å². The molecule has 1 heterocycles. The molecule has 1 atom stereocenters. The fourth-order valence-electron chi connectivity index (χ4n) is 5.21.